The average molecular weight is 529 g/mol. The maximum Gasteiger partial charge on any atom is 0.305 e. The van der Waals surface area contributed by atoms with Crippen LogP contribution in [0.5, 0.6) is 5.75 Å². The van der Waals surface area contributed by atoms with Crippen LogP contribution in [0.2, 0.25) is 0 Å². The minimum absolute atomic E-state index is 0.0920. The molecule has 208 valence electrons. The molecule has 1 saturated carbocycles. The van der Waals surface area contributed by atoms with Gasteiger partial charge in [-0.1, -0.05) is 43.3 Å². The van der Waals surface area contributed by atoms with E-state index in [0.717, 1.165) is 63.8 Å². The molecule has 1 N–H and O–H groups in total. The van der Waals surface area contributed by atoms with E-state index in [1.54, 1.807) is 0 Å². The van der Waals surface area contributed by atoms with Crippen molar-refractivity contribution in [2.24, 2.45) is 0 Å². The van der Waals surface area contributed by atoms with Crippen molar-refractivity contribution >= 4 is 5.97 Å². The number of carbonyl (C=O) groups is 1. The first-order valence-electron chi connectivity index (χ1n) is 14.7. The smallest absolute Gasteiger partial charge is 0.305 e. The van der Waals surface area contributed by atoms with E-state index in [0.29, 0.717) is 25.0 Å². The lowest BCUT2D eigenvalue weighted by Gasteiger charge is -2.16. The third-order valence-corrected chi connectivity index (χ3v) is 7.53. The molecule has 0 radical (unpaired) electrons. The van der Waals surface area contributed by atoms with Crippen molar-refractivity contribution in [1.29, 1.82) is 0 Å². The number of carbonyl (C=O) groups excluding carboxylic acids is 1. The van der Waals surface area contributed by atoms with E-state index in [4.69, 9.17) is 9.47 Å². The lowest BCUT2D eigenvalue weighted by molar-refractivity contribution is -0.143. The number of aromatic nitrogens is 1. The van der Waals surface area contributed by atoms with Crippen LogP contribution in [-0.2, 0) is 22.5 Å². The molecule has 5 nitrogen and oxygen atoms in total. The molecule has 1 aliphatic rings. The number of para-hydroxylation sites is 1. The zero-order valence-electron chi connectivity index (χ0n) is 23.9. The molecule has 0 saturated heterocycles. The molecule has 1 atom stereocenters. The highest BCUT2D eigenvalue weighted by atomic mass is 16.5. The van der Waals surface area contributed by atoms with Gasteiger partial charge in [0.25, 0.3) is 0 Å². The summed E-state index contributed by atoms with van der Waals surface area (Å²) < 4.78 is 11.2. The molecular weight excluding hydrogens is 484 g/mol. The molecule has 0 aliphatic heterocycles. The van der Waals surface area contributed by atoms with Crippen molar-refractivity contribution in [2.75, 3.05) is 13.2 Å². The second-order valence-electron chi connectivity index (χ2n) is 10.8. The zero-order chi connectivity index (χ0) is 27.5. The average Bonchev–Trinajstić information content (AvgIpc) is 3.76. The van der Waals surface area contributed by atoms with Crippen molar-refractivity contribution in [2.45, 2.75) is 90.7 Å². The minimum Gasteiger partial charge on any atom is -0.490 e. The first-order valence-corrected chi connectivity index (χ1v) is 14.7. The number of benzene rings is 2. The second kappa shape index (κ2) is 14.8. The van der Waals surface area contributed by atoms with E-state index < -0.39 is 0 Å². The van der Waals surface area contributed by atoms with Crippen LogP contribution in [0.3, 0.4) is 0 Å². The molecule has 39 heavy (non-hydrogen) atoms. The summed E-state index contributed by atoms with van der Waals surface area (Å²) in [6.45, 7) is 8.59. The highest BCUT2D eigenvalue weighted by molar-refractivity contribution is 5.73. The summed E-state index contributed by atoms with van der Waals surface area (Å²) in [6, 6.07) is 17.3. The number of unbranched alkanes of at least 4 members (excludes halogenated alkanes) is 1. The Morgan fingerprint density at radius 3 is 2.72 bits per heavy atom. The predicted octanol–water partition coefficient (Wildman–Crippen LogP) is 7.55. The van der Waals surface area contributed by atoms with Gasteiger partial charge in [-0.2, -0.15) is 0 Å². The van der Waals surface area contributed by atoms with Gasteiger partial charge in [0.05, 0.1) is 12.7 Å². The summed E-state index contributed by atoms with van der Waals surface area (Å²) >= 11 is 0. The fraction of sp³-hybridized carbons (Fsp3) is 0.471. The van der Waals surface area contributed by atoms with E-state index in [9.17, 15) is 4.79 Å². The van der Waals surface area contributed by atoms with Crippen LogP contribution in [0, 0.1) is 6.92 Å². The maximum atomic E-state index is 11.6. The molecule has 4 rings (SSSR count). The molecule has 0 spiro atoms. The van der Waals surface area contributed by atoms with Gasteiger partial charge in [-0.25, -0.2) is 0 Å². The van der Waals surface area contributed by atoms with Crippen LogP contribution in [0.1, 0.15) is 87.0 Å². The molecule has 5 heteroatoms. The summed E-state index contributed by atoms with van der Waals surface area (Å²) in [4.78, 5) is 16.0. The van der Waals surface area contributed by atoms with Crippen molar-refractivity contribution in [3.63, 3.8) is 0 Å². The van der Waals surface area contributed by atoms with E-state index in [1.165, 1.54) is 33.4 Å². The Morgan fingerprint density at radius 2 is 1.90 bits per heavy atom. The normalized spacial score (nSPS) is 13.7. The van der Waals surface area contributed by atoms with E-state index in [1.807, 2.05) is 19.3 Å². The summed E-state index contributed by atoms with van der Waals surface area (Å²) in [5.41, 5.74) is 7.70. The third-order valence-electron chi connectivity index (χ3n) is 7.53. The fourth-order valence-electron chi connectivity index (χ4n) is 4.98. The Labute approximate surface area is 234 Å². The number of ether oxygens (including phenoxy) is 2. The van der Waals surface area contributed by atoms with Gasteiger partial charge in [-0.3, -0.25) is 9.78 Å². The number of rotatable bonds is 16. The number of aryl methyl sites for hydroxylation is 2. The fourth-order valence-corrected chi connectivity index (χ4v) is 4.98. The Morgan fingerprint density at radius 1 is 1.05 bits per heavy atom. The van der Waals surface area contributed by atoms with E-state index in [2.05, 4.69) is 72.7 Å². The molecule has 1 aromatic heterocycles. The first-order chi connectivity index (χ1) is 19.0. The monoisotopic (exact) mass is 528 g/mol. The van der Waals surface area contributed by atoms with Crippen LogP contribution in [0.4, 0.5) is 0 Å². The van der Waals surface area contributed by atoms with Gasteiger partial charge in [0.1, 0.15) is 5.75 Å². The zero-order valence-corrected chi connectivity index (χ0v) is 23.9. The van der Waals surface area contributed by atoms with Gasteiger partial charge >= 0.3 is 5.97 Å². The lowest BCUT2D eigenvalue weighted by Crippen LogP contribution is -2.16. The summed E-state index contributed by atoms with van der Waals surface area (Å²) in [5.74, 6) is 1.32. The number of hydrogen-bond acceptors (Lipinski definition) is 5. The Kier molecular flexibility index (Phi) is 11.0. The highest BCUT2D eigenvalue weighted by Gasteiger charge is 2.25. The minimum atomic E-state index is -0.0920. The SMILES string of the molecule is CCOC(=O)CCCC(C)c1ccc(C)c(CNCCCCc2cnccc2-c2ccccc2OC2CC2)c1. The lowest BCUT2D eigenvalue weighted by atomic mass is 9.92. The second-order valence-corrected chi connectivity index (χ2v) is 10.8. The van der Waals surface area contributed by atoms with Gasteiger partial charge in [-0.05, 0) is 111 Å². The van der Waals surface area contributed by atoms with Crippen LogP contribution in [0.25, 0.3) is 11.1 Å². The highest BCUT2D eigenvalue weighted by Crippen LogP contribution is 2.36. The number of esters is 1. The number of pyridine rings is 1. The van der Waals surface area contributed by atoms with Crippen LogP contribution >= 0.6 is 0 Å². The molecule has 1 heterocycles. The molecule has 1 fully saturated rings. The molecule has 1 aliphatic carbocycles. The number of nitrogens with zero attached hydrogens (tertiary/aromatic N) is 1. The molecular formula is C34H44N2O3. The Balaban J connectivity index is 1.23. The standard InChI is InChI=1S/C34H44N2O3/c1-4-38-34(37)14-9-10-25(2)27-16-15-26(3)29(22-27)24-35-20-8-7-11-28-23-36-21-19-31(28)32-12-5-6-13-33(32)39-30-17-18-30/h5-6,12-13,15-16,19,21-23,25,30,35H,4,7-11,14,17-18,20,24H2,1-3H3. The van der Waals surface area contributed by atoms with Crippen LogP contribution < -0.4 is 10.1 Å². The molecule has 2 aromatic carbocycles. The van der Waals surface area contributed by atoms with Crippen molar-refractivity contribution < 1.29 is 14.3 Å². The first kappa shape index (κ1) is 28.8. The summed E-state index contributed by atoms with van der Waals surface area (Å²) in [5, 5.41) is 3.65. The van der Waals surface area contributed by atoms with E-state index in [-0.39, 0.29) is 5.97 Å². The Bertz CT molecular complexity index is 1200. The quantitative estimate of drug-likeness (QED) is 0.154. The van der Waals surface area contributed by atoms with E-state index >= 15 is 0 Å². The van der Waals surface area contributed by atoms with Crippen LogP contribution in [-0.4, -0.2) is 30.2 Å². The maximum absolute atomic E-state index is 11.6. The Hall–Kier alpha value is -3.18. The van der Waals surface area contributed by atoms with Gasteiger partial charge in [-0.15, -0.1) is 0 Å². The molecule has 0 amide bonds. The largest absolute Gasteiger partial charge is 0.490 e. The molecule has 1 unspecified atom stereocenters. The van der Waals surface area contributed by atoms with Crippen molar-refractivity contribution in [1.82, 2.24) is 10.3 Å². The van der Waals surface area contributed by atoms with Gasteiger partial charge in [0.15, 0.2) is 0 Å². The van der Waals surface area contributed by atoms with Crippen molar-refractivity contribution in [3.05, 3.63) is 83.2 Å². The third kappa shape index (κ3) is 8.93. The molecule has 0 bridgehead atoms. The van der Waals surface area contributed by atoms with Crippen LogP contribution in [0.15, 0.2) is 60.9 Å². The number of hydrogen-bond donors (Lipinski definition) is 1. The summed E-state index contributed by atoms with van der Waals surface area (Å²) in [6.07, 6.45) is 12.2. The van der Waals surface area contributed by atoms with Gasteiger partial charge in [0, 0.05) is 30.9 Å². The van der Waals surface area contributed by atoms with Crippen molar-refractivity contribution in [3.8, 4) is 16.9 Å². The number of nitrogens with one attached hydrogen (secondary N) is 1. The van der Waals surface area contributed by atoms with Gasteiger partial charge in [0.2, 0.25) is 0 Å². The predicted molar refractivity (Wildman–Crippen MR) is 158 cm³/mol. The molecule has 3 aromatic rings. The topological polar surface area (TPSA) is 60.5 Å². The summed E-state index contributed by atoms with van der Waals surface area (Å²) in [7, 11) is 0. The van der Waals surface area contributed by atoms with Gasteiger partial charge < -0.3 is 14.8 Å².